The summed E-state index contributed by atoms with van der Waals surface area (Å²) in [5.74, 6) is 0.00264. The van der Waals surface area contributed by atoms with Crippen LogP contribution in [0, 0.1) is 11.8 Å². The second-order valence-corrected chi connectivity index (χ2v) is 7.20. The molecule has 18 heavy (non-hydrogen) atoms. The second kappa shape index (κ2) is 7.09. The summed E-state index contributed by atoms with van der Waals surface area (Å²) in [4.78, 5) is 10.3. The smallest absolute Gasteiger partial charge is 0.304 e. The molecule has 2 N–H and O–H groups in total. The molecule has 0 heterocycles. The van der Waals surface area contributed by atoms with Gasteiger partial charge in [0.2, 0.25) is 10.0 Å². The second-order valence-electron chi connectivity index (χ2n) is 5.27. The van der Waals surface area contributed by atoms with E-state index in [1.165, 1.54) is 25.7 Å². The summed E-state index contributed by atoms with van der Waals surface area (Å²) in [5, 5.41) is 8.44. The number of rotatable bonds is 7. The van der Waals surface area contributed by atoms with Crippen LogP contribution in [0.15, 0.2) is 0 Å². The Balaban J connectivity index is 2.18. The Morgan fingerprint density at radius 2 is 1.89 bits per heavy atom. The van der Waals surface area contributed by atoms with Crippen molar-refractivity contribution in [2.75, 3.05) is 12.3 Å². The number of hydrogen-bond acceptors (Lipinski definition) is 3. The number of nitrogens with one attached hydrogen (secondary N) is 1. The van der Waals surface area contributed by atoms with Gasteiger partial charge in [0, 0.05) is 6.54 Å². The van der Waals surface area contributed by atoms with E-state index < -0.39 is 16.0 Å². The fourth-order valence-electron chi connectivity index (χ4n) is 2.33. The van der Waals surface area contributed by atoms with E-state index in [1.807, 2.05) is 0 Å². The minimum Gasteiger partial charge on any atom is -0.481 e. The molecule has 1 aliphatic carbocycles. The van der Waals surface area contributed by atoms with Crippen molar-refractivity contribution < 1.29 is 18.3 Å². The van der Waals surface area contributed by atoms with Gasteiger partial charge in [-0.2, -0.15) is 0 Å². The topological polar surface area (TPSA) is 83.5 Å². The van der Waals surface area contributed by atoms with Crippen LogP contribution in [0.3, 0.4) is 0 Å². The minimum atomic E-state index is -3.42. The molecule has 0 amide bonds. The third-order valence-corrected chi connectivity index (χ3v) is 4.98. The first-order chi connectivity index (χ1) is 8.39. The van der Waals surface area contributed by atoms with E-state index in [0.29, 0.717) is 12.5 Å². The van der Waals surface area contributed by atoms with Crippen LogP contribution >= 0.6 is 0 Å². The Labute approximate surface area is 109 Å². The lowest BCUT2D eigenvalue weighted by Gasteiger charge is -2.26. The van der Waals surface area contributed by atoms with Crippen LogP contribution in [-0.2, 0) is 14.8 Å². The Bertz CT molecular complexity index is 358. The van der Waals surface area contributed by atoms with Gasteiger partial charge in [0.25, 0.3) is 0 Å². The molecule has 106 valence electrons. The van der Waals surface area contributed by atoms with Crippen molar-refractivity contribution in [1.29, 1.82) is 0 Å². The number of carboxylic acid groups (broad SMARTS) is 1. The first-order valence-electron chi connectivity index (χ1n) is 6.58. The van der Waals surface area contributed by atoms with Crippen LogP contribution in [0.5, 0.6) is 0 Å². The van der Waals surface area contributed by atoms with Gasteiger partial charge in [-0.25, -0.2) is 13.1 Å². The average molecular weight is 277 g/mol. The molecule has 1 saturated carbocycles. The Hall–Kier alpha value is -0.620. The molecule has 6 heteroatoms. The van der Waals surface area contributed by atoms with Crippen molar-refractivity contribution in [2.24, 2.45) is 11.8 Å². The molecule has 0 atom stereocenters. The van der Waals surface area contributed by atoms with Gasteiger partial charge in [0.15, 0.2) is 0 Å². The predicted octanol–water partition coefficient (Wildman–Crippen LogP) is 1.60. The van der Waals surface area contributed by atoms with Crippen LogP contribution < -0.4 is 4.72 Å². The molecular weight excluding hydrogens is 254 g/mol. The highest BCUT2D eigenvalue weighted by molar-refractivity contribution is 7.89. The third-order valence-electron chi connectivity index (χ3n) is 3.59. The monoisotopic (exact) mass is 277 g/mol. The maximum Gasteiger partial charge on any atom is 0.304 e. The van der Waals surface area contributed by atoms with E-state index >= 15 is 0 Å². The van der Waals surface area contributed by atoms with Gasteiger partial charge >= 0.3 is 5.97 Å². The maximum absolute atomic E-state index is 11.5. The molecule has 0 aromatic rings. The summed E-state index contributed by atoms with van der Waals surface area (Å²) in [7, 11) is -3.42. The first kappa shape index (κ1) is 15.4. The molecule has 0 unspecified atom stereocenters. The van der Waals surface area contributed by atoms with Crippen molar-refractivity contribution in [3.63, 3.8) is 0 Å². The fourth-order valence-corrected chi connectivity index (χ4v) is 3.35. The van der Waals surface area contributed by atoms with E-state index in [4.69, 9.17) is 5.11 Å². The summed E-state index contributed by atoms with van der Waals surface area (Å²) in [6, 6.07) is 0. The summed E-state index contributed by atoms with van der Waals surface area (Å²) in [6.45, 7) is 2.69. The third kappa shape index (κ3) is 6.35. The summed E-state index contributed by atoms with van der Waals surface area (Å²) in [5.41, 5.74) is 0. The highest BCUT2D eigenvalue weighted by Gasteiger charge is 2.19. The van der Waals surface area contributed by atoms with Crippen LogP contribution in [0.25, 0.3) is 0 Å². The van der Waals surface area contributed by atoms with E-state index in [0.717, 1.165) is 12.3 Å². The van der Waals surface area contributed by atoms with Crippen LogP contribution in [0.4, 0.5) is 0 Å². The molecule has 0 spiro atoms. The van der Waals surface area contributed by atoms with Gasteiger partial charge < -0.3 is 5.11 Å². The maximum atomic E-state index is 11.5. The molecule has 0 aliphatic heterocycles. The van der Waals surface area contributed by atoms with E-state index in [-0.39, 0.29) is 12.2 Å². The standard InChI is InChI=1S/C12H23NO4S/c1-10-2-4-11(5-3-10)6-8-13-18(16,17)9-7-12(14)15/h10-11,13H,2-9H2,1H3,(H,14,15). The molecule has 1 aliphatic rings. The van der Waals surface area contributed by atoms with Gasteiger partial charge in [0.1, 0.15) is 0 Å². The number of aliphatic carboxylic acids is 1. The van der Waals surface area contributed by atoms with E-state index in [1.54, 1.807) is 0 Å². The number of carboxylic acids is 1. The average Bonchev–Trinajstić information content (AvgIpc) is 2.29. The summed E-state index contributed by atoms with van der Waals surface area (Å²) in [6.07, 6.45) is 5.35. The van der Waals surface area contributed by atoms with Gasteiger partial charge in [-0.05, 0) is 18.3 Å². The molecule has 0 saturated heterocycles. The van der Waals surface area contributed by atoms with Gasteiger partial charge in [-0.15, -0.1) is 0 Å². The molecular formula is C12H23NO4S. The zero-order valence-corrected chi connectivity index (χ0v) is 11.7. The first-order valence-corrected chi connectivity index (χ1v) is 8.23. The highest BCUT2D eigenvalue weighted by atomic mass is 32.2. The highest BCUT2D eigenvalue weighted by Crippen LogP contribution is 2.29. The minimum absolute atomic E-state index is 0.329. The predicted molar refractivity (Wildman–Crippen MR) is 69.8 cm³/mol. The molecule has 1 fully saturated rings. The zero-order chi connectivity index (χ0) is 13.6. The lowest BCUT2D eigenvalue weighted by molar-refractivity contribution is -0.136. The number of carbonyl (C=O) groups is 1. The van der Waals surface area contributed by atoms with Crippen molar-refractivity contribution in [1.82, 2.24) is 4.72 Å². The molecule has 0 radical (unpaired) electrons. The largest absolute Gasteiger partial charge is 0.481 e. The summed E-state index contributed by atoms with van der Waals surface area (Å²) >= 11 is 0. The van der Waals surface area contributed by atoms with Gasteiger partial charge in [-0.1, -0.05) is 32.6 Å². The quantitative estimate of drug-likeness (QED) is 0.740. The molecule has 0 aromatic carbocycles. The Morgan fingerprint density at radius 3 is 2.44 bits per heavy atom. The van der Waals surface area contributed by atoms with Crippen molar-refractivity contribution >= 4 is 16.0 Å². The zero-order valence-electron chi connectivity index (χ0n) is 10.9. The molecule has 1 rings (SSSR count). The molecule has 0 bridgehead atoms. The Morgan fingerprint density at radius 1 is 1.28 bits per heavy atom. The van der Waals surface area contributed by atoms with Crippen LogP contribution in [0.1, 0.15) is 45.4 Å². The Kier molecular flexibility index (Phi) is 6.08. The van der Waals surface area contributed by atoms with Gasteiger partial charge in [0.05, 0.1) is 12.2 Å². The lowest BCUT2D eigenvalue weighted by atomic mass is 9.81. The lowest BCUT2D eigenvalue weighted by Crippen LogP contribution is -2.30. The molecule has 0 aromatic heterocycles. The van der Waals surface area contributed by atoms with E-state index in [2.05, 4.69) is 11.6 Å². The normalized spacial score (nSPS) is 24.9. The van der Waals surface area contributed by atoms with Gasteiger partial charge in [-0.3, -0.25) is 4.79 Å². The summed E-state index contributed by atoms with van der Waals surface area (Å²) < 4.78 is 25.4. The molecule has 5 nitrogen and oxygen atoms in total. The van der Waals surface area contributed by atoms with Crippen molar-refractivity contribution in [3.8, 4) is 0 Å². The van der Waals surface area contributed by atoms with E-state index in [9.17, 15) is 13.2 Å². The van der Waals surface area contributed by atoms with Crippen molar-refractivity contribution in [3.05, 3.63) is 0 Å². The van der Waals surface area contributed by atoms with Crippen LogP contribution in [0.2, 0.25) is 0 Å². The fraction of sp³-hybridized carbons (Fsp3) is 0.917. The SMILES string of the molecule is CC1CCC(CCNS(=O)(=O)CCC(=O)O)CC1. The number of sulfonamides is 1. The number of hydrogen-bond donors (Lipinski definition) is 2. The van der Waals surface area contributed by atoms with Crippen molar-refractivity contribution in [2.45, 2.75) is 45.4 Å². The van der Waals surface area contributed by atoms with Crippen LogP contribution in [-0.4, -0.2) is 31.8 Å².